The Balaban J connectivity index is 2.03. The monoisotopic (exact) mass is 224 g/mol. The molecule has 0 amide bonds. The summed E-state index contributed by atoms with van der Waals surface area (Å²) >= 11 is 0. The molecule has 2 atom stereocenters. The number of hydrogen-bond acceptors (Lipinski definition) is 3. The van der Waals surface area contributed by atoms with Gasteiger partial charge in [0.15, 0.2) is 5.78 Å². The predicted octanol–water partition coefficient (Wildman–Crippen LogP) is 2.46. The number of methoxy groups -OCH3 is 1. The van der Waals surface area contributed by atoms with E-state index in [1.165, 1.54) is 5.57 Å². The van der Waals surface area contributed by atoms with E-state index in [4.69, 9.17) is 9.47 Å². The van der Waals surface area contributed by atoms with Crippen LogP contribution in [0, 0.1) is 5.41 Å². The van der Waals surface area contributed by atoms with E-state index in [-0.39, 0.29) is 17.3 Å². The molecular formula is C13H20O3. The molecule has 0 aromatic rings. The highest BCUT2D eigenvalue weighted by molar-refractivity contribution is 5.91. The lowest BCUT2D eigenvalue weighted by atomic mass is 9.65. The molecule has 2 aliphatic rings. The van der Waals surface area contributed by atoms with E-state index >= 15 is 0 Å². The molecule has 0 aliphatic heterocycles. The van der Waals surface area contributed by atoms with Gasteiger partial charge in [-0.05, 0) is 37.2 Å². The van der Waals surface area contributed by atoms with E-state index < -0.39 is 0 Å². The maximum absolute atomic E-state index is 11.4. The van der Waals surface area contributed by atoms with Crippen LogP contribution in [-0.2, 0) is 14.3 Å². The summed E-state index contributed by atoms with van der Waals surface area (Å²) in [6, 6.07) is 0. The van der Waals surface area contributed by atoms with Crippen molar-refractivity contribution in [1.82, 2.24) is 0 Å². The van der Waals surface area contributed by atoms with Crippen molar-refractivity contribution in [2.75, 3.05) is 13.9 Å². The topological polar surface area (TPSA) is 35.5 Å². The maximum Gasteiger partial charge on any atom is 0.155 e. The van der Waals surface area contributed by atoms with Crippen molar-refractivity contribution in [3.63, 3.8) is 0 Å². The van der Waals surface area contributed by atoms with Crippen LogP contribution in [0.4, 0.5) is 0 Å². The van der Waals surface area contributed by atoms with Crippen LogP contribution < -0.4 is 0 Å². The maximum atomic E-state index is 11.4. The van der Waals surface area contributed by atoms with Gasteiger partial charge in [-0.3, -0.25) is 4.79 Å². The molecule has 0 bridgehead atoms. The quantitative estimate of drug-likeness (QED) is 0.691. The van der Waals surface area contributed by atoms with Crippen LogP contribution in [0.2, 0.25) is 0 Å². The first kappa shape index (κ1) is 11.8. The van der Waals surface area contributed by atoms with Gasteiger partial charge in [0, 0.05) is 13.5 Å². The second-order valence-corrected chi connectivity index (χ2v) is 5.13. The molecule has 0 saturated heterocycles. The second-order valence-electron chi connectivity index (χ2n) is 5.13. The lowest BCUT2D eigenvalue weighted by Crippen LogP contribution is -2.34. The highest BCUT2D eigenvalue weighted by Gasteiger charge is 2.38. The average Bonchev–Trinajstić information content (AvgIpc) is 2.27. The molecule has 0 unspecified atom stereocenters. The molecule has 16 heavy (non-hydrogen) atoms. The fraction of sp³-hybridized carbons (Fsp3) is 0.769. The summed E-state index contributed by atoms with van der Waals surface area (Å²) in [6.45, 7) is 2.63. The van der Waals surface area contributed by atoms with Crippen molar-refractivity contribution in [2.45, 2.75) is 45.1 Å². The van der Waals surface area contributed by atoms with E-state index in [2.05, 4.69) is 6.92 Å². The predicted molar refractivity (Wildman–Crippen MR) is 61.0 cm³/mol. The van der Waals surface area contributed by atoms with Gasteiger partial charge in [0.05, 0.1) is 6.10 Å². The first-order chi connectivity index (χ1) is 7.64. The fourth-order valence-electron chi connectivity index (χ4n) is 2.72. The number of ether oxygens (including phenoxy) is 2. The summed E-state index contributed by atoms with van der Waals surface area (Å²) in [6.07, 6.45) is 6.90. The number of allylic oxidation sites excluding steroid dienone is 1. The summed E-state index contributed by atoms with van der Waals surface area (Å²) in [7, 11) is 1.64. The Morgan fingerprint density at radius 3 is 3.06 bits per heavy atom. The van der Waals surface area contributed by atoms with E-state index in [1.807, 2.05) is 6.08 Å². The summed E-state index contributed by atoms with van der Waals surface area (Å²) in [5.74, 6) is 0.278. The Hall–Kier alpha value is -0.670. The Morgan fingerprint density at radius 1 is 1.50 bits per heavy atom. The standard InChI is InChI=1S/C13H20O3/c1-13-5-3-11(14)7-10(13)8-12(4-6-13)16-9-15-2/h7,12H,3-6,8-9H2,1-2H3/t12-,13+/m0/s1. The van der Waals surface area contributed by atoms with Gasteiger partial charge in [0.2, 0.25) is 0 Å². The third kappa shape index (κ3) is 2.36. The van der Waals surface area contributed by atoms with Crippen molar-refractivity contribution in [1.29, 1.82) is 0 Å². The lowest BCUT2D eigenvalue weighted by molar-refractivity contribution is -0.116. The first-order valence-corrected chi connectivity index (χ1v) is 5.98. The van der Waals surface area contributed by atoms with Crippen LogP contribution in [0.3, 0.4) is 0 Å². The molecule has 2 rings (SSSR count). The van der Waals surface area contributed by atoms with Gasteiger partial charge in [-0.25, -0.2) is 0 Å². The van der Waals surface area contributed by atoms with Crippen molar-refractivity contribution in [2.24, 2.45) is 5.41 Å². The molecule has 0 heterocycles. The first-order valence-electron chi connectivity index (χ1n) is 5.98. The largest absolute Gasteiger partial charge is 0.359 e. The number of hydrogen-bond donors (Lipinski definition) is 0. The fourth-order valence-corrected chi connectivity index (χ4v) is 2.72. The molecule has 1 saturated carbocycles. The van der Waals surface area contributed by atoms with Crippen LogP contribution in [0.15, 0.2) is 11.6 Å². The minimum Gasteiger partial charge on any atom is -0.359 e. The van der Waals surface area contributed by atoms with Crippen LogP contribution in [0.25, 0.3) is 0 Å². The van der Waals surface area contributed by atoms with E-state index in [1.54, 1.807) is 7.11 Å². The zero-order valence-electron chi connectivity index (χ0n) is 10.1. The van der Waals surface area contributed by atoms with Crippen molar-refractivity contribution < 1.29 is 14.3 Å². The van der Waals surface area contributed by atoms with Gasteiger partial charge in [-0.1, -0.05) is 12.5 Å². The summed E-state index contributed by atoms with van der Waals surface area (Å²) in [5, 5.41) is 0. The Labute approximate surface area is 96.8 Å². The minimum atomic E-state index is 0.227. The summed E-state index contributed by atoms with van der Waals surface area (Å²) < 4.78 is 10.5. The molecule has 0 aromatic heterocycles. The van der Waals surface area contributed by atoms with Crippen LogP contribution in [-0.4, -0.2) is 25.8 Å². The van der Waals surface area contributed by atoms with Crippen LogP contribution in [0.1, 0.15) is 39.0 Å². The molecule has 90 valence electrons. The van der Waals surface area contributed by atoms with Gasteiger partial charge >= 0.3 is 0 Å². The smallest absolute Gasteiger partial charge is 0.155 e. The van der Waals surface area contributed by atoms with Crippen molar-refractivity contribution in [3.8, 4) is 0 Å². The molecule has 3 heteroatoms. The van der Waals surface area contributed by atoms with Gasteiger partial charge in [0.1, 0.15) is 6.79 Å². The van der Waals surface area contributed by atoms with Gasteiger partial charge in [0.25, 0.3) is 0 Å². The van der Waals surface area contributed by atoms with Crippen molar-refractivity contribution >= 4 is 5.78 Å². The Kier molecular flexibility index (Phi) is 3.45. The minimum absolute atomic E-state index is 0.227. The number of ketones is 1. The summed E-state index contributed by atoms with van der Waals surface area (Å²) in [5.41, 5.74) is 1.54. The van der Waals surface area contributed by atoms with E-state index in [0.29, 0.717) is 13.2 Å². The molecule has 0 spiro atoms. The van der Waals surface area contributed by atoms with E-state index in [9.17, 15) is 4.79 Å². The van der Waals surface area contributed by atoms with Gasteiger partial charge in [-0.15, -0.1) is 0 Å². The number of carbonyl (C=O) groups is 1. The molecule has 2 aliphatic carbocycles. The molecule has 0 N–H and O–H groups in total. The average molecular weight is 224 g/mol. The number of fused-ring (bicyclic) bond motifs is 1. The van der Waals surface area contributed by atoms with Crippen LogP contribution in [0.5, 0.6) is 0 Å². The zero-order valence-corrected chi connectivity index (χ0v) is 10.1. The van der Waals surface area contributed by atoms with Gasteiger partial charge < -0.3 is 9.47 Å². The Bertz CT molecular complexity index is 308. The summed E-state index contributed by atoms with van der Waals surface area (Å²) in [4.78, 5) is 11.4. The molecule has 0 radical (unpaired) electrons. The van der Waals surface area contributed by atoms with Crippen molar-refractivity contribution in [3.05, 3.63) is 11.6 Å². The highest BCUT2D eigenvalue weighted by Crippen LogP contribution is 2.46. The molecule has 1 fully saturated rings. The third-order valence-electron chi connectivity index (χ3n) is 3.92. The Morgan fingerprint density at radius 2 is 2.31 bits per heavy atom. The number of carbonyl (C=O) groups excluding carboxylic acids is 1. The molecule has 0 aromatic carbocycles. The van der Waals surface area contributed by atoms with Crippen LogP contribution >= 0.6 is 0 Å². The highest BCUT2D eigenvalue weighted by atomic mass is 16.7. The lowest BCUT2D eigenvalue weighted by Gasteiger charge is -2.41. The normalized spacial score (nSPS) is 34.5. The van der Waals surface area contributed by atoms with Gasteiger partial charge in [-0.2, -0.15) is 0 Å². The molecular weight excluding hydrogens is 204 g/mol. The van der Waals surface area contributed by atoms with E-state index in [0.717, 1.165) is 25.7 Å². The number of rotatable bonds is 3. The zero-order chi connectivity index (χ0) is 11.6. The second kappa shape index (κ2) is 4.68. The molecule has 3 nitrogen and oxygen atoms in total. The third-order valence-corrected chi connectivity index (χ3v) is 3.92. The SMILES string of the molecule is COCO[C@H]1CC[C@@]2(C)CCC(=O)C=C2C1.